The molecule has 0 radical (unpaired) electrons. The van der Waals surface area contributed by atoms with E-state index in [0.717, 1.165) is 29.0 Å². The number of hydrogen-bond donors (Lipinski definition) is 4. The van der Waals surface area contributed by atoms with Gasteiger partial charge in [-0.1, -0.05) is 5.16 Å². The van der Waals surface area contributed by atoms with Gasteiger partial charge >= 0.3 is 43.1 Å². The minimum Gasteiger partial charge on any atom is -0.756 e. The van der Waals surface area contributed by atoms with Crippen LogP contribution in [0.1, 0.15) is 11.9 Å². The van der Waals surface area contributed by atoms with Gasteiger partial charge in [0.1, 0.15) is 29.8 Å². The number of phosphoric ester groups is 1. The van der Waals surface area contributed by atoms with Crippen LogP contribution in [0.4, 0.5) is 4.39 Å². The molecule has 1 fully saturated rings. The Labute approximate surface area is 226 Å². The van der Waals surface area contributed by atoms with Gasteiger partial charge in [-0.05, 0) is 12.1 Å². The zero-order valence-corrected chi connectivity index (χ0v) is 22.5. The molecule has 1 aliphatic heterocycles. The third-order valence-electron chi connectivity index (χ3n) is 5.13. The zero-order chi connectivity index (χ0) is 26.4. The van der Waals surface area contributed by atoms with E-state index in [-0.39, 0.29) is 40.8 Å². The Morgan fingerprint density at radius 1 is 1.16 bits per heavy atom. The summed E-state index contributed by atoms with van der Waals surface area (Å²) in [5, 5.41) is 24.7. The zero-order valence-electron chi connectivity index (χ0n) is 18.7. The summed E-state index contributed by atoms with van der Waals surface area (Å²) in [6.07, 6.45) is -5.81. The van der Waals surface area contributed by atoms with Gasteiger partial charge in [0.2, 0.25) is 0 Å². The molecule has 3 unspecified atom stereocenters. The molecule has 37 heavy (non-hydrogen) atoms. The topological polar surface area (TPSA) is 236 Å². The first-order valence-corrected chi connectivity index (χ1v) is 12.8. The molecule has 2 aromatic heterocycles. The molecule has 3 heterocycles. The maximum atomic E-state index is 13.4. The molecule has 20 heteroatoms. The van der Waals surface area contributed by atoms with Crippen molar-refractivity contribution in [2.24, 2.45) is 0 Å². The van der Waals surface area contributed by atoms with Crippen molar-refractivity contribution in [3.63, 3.8) is 0 Å². The van der Waals surface area contributed by atoms with Crippen molar-refractivity contribution >= 4 is 26.6 Å². The SMILES string of the molecule is O=c1ccn([C@@H]2O[C@H](COP(=O)(O)OP(=O)([O-])O)[C@H](O)C2O)c(=O)n1Cc1noc2cc(F)ccc12.[Na+]. The molecule has 0 amide bonds. The number of aliphatic hydroxyl groups excluding tert-OH is 2. The fraction of sp³-hybridized carbons (Fsp3) is 0.353. The van der Waals surface area contributed by atoms with Gasteiger partial charge in [-0.3, -0.25) is 23.0 Å². The van der Waals surface area contributed by atoms with Crippen LogP contribution in [-0.2, 0) is 29.2 Å². The Bertz CT molecular complexity index is 1500. The second kappa shape index (κ2) is 11.3. The van der Waals surface area contributed by atoms with Crippen LogP contribution < -0.4 is 45.7 Å². The number of halogens is 1. The molecule has 1 aromatic carbocycles. The fourth-order valence-electron chi connectivity index (χ4n) is 3.52. The van der Waals surface area contributed by atoms with Crippen molar-refractivity contribution in [2.45, 2.75) is 31.1 Å². The average molecular weight is 575 g/mol. The van der Waals surface area contributed by atoms with Gasteiger partial charge in [-0.2, -0.15) is 0 Å². The smallest absolute Gasteiger partial charge is 0.756 e. The van der Waals surface area contributed by atoms with Crippen molar-refractivity contribution in [2.75, 3.05) is 6.61 Å². The summed E-state index contributed by atoms with van der Waals surface area (Å²) < 4.78 is 55.3. The summed E-state index contributed by atoms with van der Waals surface area (Å²) >= 11 is 0. The van der Waals surface area contributed by atoms with Crippen molar-refractivity contribution in [3.05, 3.63) is 62.8 Å². The standard InChI is InChI=1S/C17H18FN3O13P2.Na/c18-8-1-2-9-10(19-33-11(9)5-8)6-21-13(22)3-4-20(17(21)25)16-15(24)14(23)12(32-16)7-31-36(29,30)34-35(26,27)28;/h1-5,12,14-16,23-24H,6-7H2,(H,29,30)(H2,26,27,28);/q;+1/p-1/t12-,14+,15?,16-;/m1./s1. The molecule has 0 bridgehead atoms. The quantitative estimate of drug-likeness (QED) is 0.147. The van der Waals surface area contributed by atoms with E-state index in [4.69, 9.17) is 14.2 Å². The van der Waals surface area contributed by atoms with E-state index in [9.17, 15) is 43.1 Å². The van der Waals surface area contributed by atoms with Crippen molar-refractivity contribution in [3.8, 4) is 0 Å². The number of benzene rings is 1. The molecule has 6 atom stereocenters. The van der Waals surface area contributed by atoms with Crippen LogP contribution in [-0.4, -0.2) is 59.2 Å². The molecular weight excluding hydrogens is 558 g/mol. The van der Waals surface area contributed by atoms with Crippen molar-refractivity contribution in [1.82, 2.24) is 14.3 Å². The third-order valence-corrected chi connectivity index (χ3v) is 7.26. The van der Waals surface area contributed by atoms with E-state index >= 15 is 0 Å². The van der Waals surface area contributed by atoms with Crippen LogP contribution in [0.15, 0.2) is 44.6 Å². The van der Waals surface area contributed by atoms with Gasteiger partial charge in [-0.15, -0.1) is 0 Å². The maximum Gasteiger partial charge on any atom is 1.00 e. The number of ether oxygens (including phenoxy) is 1. The predicted octanol–water partition coefficient (Wildman–Crippen LogP) is -4.44. The van der Waals surface area contributed by atoms with Crippen LogP contribution in [0.25, 0.3) is 11.0 Å². The van der Waals surface area contributed by atoms with E-state index in [1.807, 2.05) is 0 Å². The van der Waals surface area contributed by atoms with E-state index in [2.05, 4.69) is 14.0 Å². The van der Waals surface area contributed by atoms with Gasteiger partial charge in [0.15, 0.2) is 11.8 Å². The minimum absolute atomic E-state index is 0. The monoisotopic (exact) mass is 575 g/mol. The van der Waals surface area contributed by atoms with E-state index in [0.29, 0.717) is 9.95 Å². The first-order valence-electron chi connectivity index (χ1n) is 9.85. The van der Waals surface area contributed by atoms with Crippen LogP contribution in [0.3, 0.4) is 0 Å². The first kappa shape index (κ1) is 30.0. The molecule has 0 saturated carbocycles. The Morgan fingerprint density at radius 2 is 1.86 bits per heavy atom. The number of aromatic nitrogens is 3. The van der Waals surface area contributed by atoms with Crippen LogP contribution in [0.5, 0.6) is 0 Å². The molecule has 196 valence electrons. The Kier molecular flexibility index (Phi) is 9.14. The normalized spacial score (nSPS) is 24.9. The summed E-state index contributed by atoms with van der Waals surface area (Å²) in [5.41, 5.74) is -1.58. The van der Waals surface area contributed by atoms with E-state index < -0.39 is 70.4 Å². The van der Waals surface area contributed by atoms with E-state index in [1.165, 1.54) is 6.07 Å². The molecule has 0 spiro atoms. The van der Waals surface area contributed by atoms with Crippen LogP contribution >= 0.6 is 15.6 Å². The van der Waals surface area contributed by atoms with Crippen LogP contribution in [0, 0.1) is 5.82 Å². The average Bonchev–Trinajstić information content (AvgIpc) is 3.28. The largest absolute Gasteiger partial charge is 1.00 e. The summed E-state index contributed by atoms with van der Waals surface area (Å²) in [6.45, 7) is -1.41. The number of hydrogen-bond acceptors (Lipinski definition) is 12. The second-order valence-corrected chi connectivity index (χ2v) is 10.3. The Balaban J connectivity index is 0.00000380. The molecular formula is C17H17FN3NaO13P2. The summed E-state index contributed by atoms with van der Waals surface area (Å²) in [5.74, 6) is -0.587. The van der Waals surface area contributed by atoms with Crippen LogP contribution in [0.2, 0.25) is 0 Å². The molecule has 1 saturated heterocycles. The molecule has 16 nitrogen and oxygen atoms in total. The van der Waals surface area contributed by atoms with E-state index in [1.54, 1.807) is 0 Å². The number of fused-ring (bicyclic) bond motifs is 1. The van der Waals surface area contributed by atoms with Crippen molar-refractivity contribution in [1.29, 1.82) is 0 Å². The summed E-state index contributed by atoms with van der Waals surface area (Å²) in [7, 11) is -11.0. The van der Waals surface area contributed by atoms with Gasteiger partial charge in [-0.25, -0.2) is 18.1 Å². The second-order valence-electron chi connectivity index (χ2n) is 7.56. The number of nitrogens with zero attached hydrogens (tertiary/aromatic N) is 3. The maximum absolute atomic E-state index is 13.4. The Hall–Kier alpha value is -1.56. The fourth-order valence-corrected chi connectivity index (χ4v) is 5.08. The van der Waals surface area contributed by atoms with Gasteiger partial charge < -0.3 is 34.2 Å². The molecule has 1 aliphatic rings. The first-order chi connectivity index (χ1) is 16.8. The van der Waals surface area contributed by atoms with Crippen molar-refractivity contribution < 1.29 is 86.1 Å². The molecule has 3 aromatic rings. The third kappa shape index (κ3) is 6.72. The minimum atomic E-state index is -5.64. The van der Waals surface area contributed by atoms with Gasteiger partial charge in [0.05, 0.1) is 13.2 Å². The molecule has 4 N–H and O–H groups in total. The number of aliphatic hydroxyl groups is 2. The van der Waals surface area contributed by atoms with Gasteiger partial charge in [0.25, 0.3) is 13.4 Å². The number of phosphoric acid groups is 2. The predicted molar refractivity (Wildman–Crippen MR) is 111 cm³/mol. The molecule has 4 rings (SSSR count). The number of rotatable bonds is 8. The van der Waals surface area contributed by atoms with Gasteiger partial charge in [0, 0.05) is 23.7 Å². The molecule has 0 aliphatic carbocycles. The Morgan fingerprint density at radius 3 is 2.54 bits per heavy atom. The summed E-state index contributed by atoms with van der Waals surface area (Å²) in [6, 6.07) is 4.50. The summed E-state index contributed by atoms with van der Waals surface area (Å²) in [4.78, 5) is 53.9.